The molecule has 0 saturated heterocycles. The summed E-state index contributed by atoms with van der Waals surface area (Å²) in [5, 5.41) is 7.77. The van der Waals surface area contributed by atoms with E-state index in [9.17, 15) is 9.59 Å². The SMILES string of the molecule is CCCCC(=N)CCCCCCC(=O)CCCC(C)=O. The summed E-state index contributed by atoms with van der Waals surface area (Å²) in [5.74, 6) is 0.463. The molecular formula is C17H31NO2. The number of unbranched alkanes of at least 4 members (excludes halogenated alkanes) is 4. The van der Waals surface area contributed by atoms with Crippen molar-refractivity contribution in [3.63, 3.8) is 0 Å². The molecule has 0 aliphatic rings. The van der Waals surface area contributed by atoms with Gasteiger partial charge in [0.1, 0.15) is 11.6 Å². The van der Waals surface area contributed by atoms with Gasteiger partial charge in [-0.1, -0.05) is 26.2 Å². The van der Waals surface area contributed by atoms with Crippen molar-refractivity contribution < 1.29 is 9.59 Å². The number of ketones is 2. The first-order valence-electron chi connectivity index (χ1n) is 8.13. The van der Waals surface area contributed by atoms with E-state index in [4.69, 9.17) is 5.41 Å². The third-order valence-electron chi connectivity index (χ3n) is 3.50. The number of rotatable bonds is 14. The standard InChI is InChI=1S/C17H31NO2/c1-3-4-11-16(18)12-7-5-6-8-13-17(20)14-9-10-15(2)19/h18H,3-14H2,1-2H3. The molecule has 0 heterocycles. The highest BCUT2D eigenvalue weighted by Gasteiger charge is 2.03. The van der Waals surface area contributed by atoms with Crippen molar-refractivity contribution in [1.82, 2.24) is 0 Å². The predicted octanol–water partition coefficient (Wildman–Crippen LogP) is 4.87. The van der Waals surface area contributed by atoms with E-state index in [1.54, 1.807) is 6.92 Å². The first-order valence-corrected chi connectivity index (χ1v) is 8.13. The molecule has 0 radical (unpaired) electrons. The summed E-state index contributed by atoms with van der Waals surface area (Å²) in [6, 6.07) is 0. The molecule has 116 valence electrons. The van der Waals surface area contributed by atoms with Crippen LogP contribution in [0.4, 0.5) is 0 Å². The Kier molecular flexibility index (Phi) is 12.4. The zero-order valence-corrected chi connectivity index (χ0v) is 13.3. The molecule has 0 aromatic carbocycles. The molecule has 0 atom stereocenters. The maximum Gasteiger partial charge on any atom is 0.132 e. The molecule has 0 spiro atoms. The van der Waals surface area contributed by atoms with Crippen LogP contribution >= 0.6 is 0 Å². The van der Waals surface area contributed by atoms with Crippen molar-refractivity contribution in [2.24, 2.45) is 0 Å². The number of nitrogens with one attached hydrogen (secondary N) is 1. The van der Waals surface area contributed by atoms with Crippen molar-refractivity contribution in [3.05, 3.63) is 0 Å². The van der Waals surface area contributed by atoms with Crippen molar-refractivity contribution >= 4 is 17.3 Å². The Bertz CT molecular complexity index is 297. The molecule has 1 N–H and O–H groups in total. The second-order valence-electron chi connectivity index (χ2n) is 5.72. The van der Waals surface area contributed by atoms with Gasteiger partial charge in [-0.25, -0.2) is 0 Å². The molecule has 3 heteroatoms. The fraction of sp³-hybridized carbons (Fsp3) is 0.824. The molecular weight excluding hydrogens is 250 g/mol. The lowest BCUT2D eigenvalue weighted by atomic mass is 10.0. The Hall–Kier alpha value is -0.990. The maximum absolute atomic E-state index is 11.5. The summed E-state index contributed by atoms with van der Waals surface area (Å²) in [5.41, 5.74) is 0.882. The first kappa shape index (κ1) is 19.0. The molecule has 0 aromatic rings. The van der Waals surface area contributed by atoms with Crippen LogP contribution in [0, 0.1) is 5.41 Å². The normalized spacial score (nSPS) is 10.5. The molecule has 0 unspecified atom stereocenters. The molecule has 0 aromatic heterocycles. The molecule has 0 saturated carbocycles. The lowest BCUT2D eigenvalue weighted by Gasteiger charge is -2.03. The van der Waals surface area contributed by atoms with Gasteiger partial charge in [0, 0.05) is 25.0 Å². The minimum Gasteiger partial charge on any atom is -0.310 e. The van der Waals surface area contributed by atoms with Gasteiger partial charge in [-0.3, -0.25) is 4.79 Å². The van der Waals surface area contributed by atoms with Crippen LogP contribution in [0.3, 0.4) is 0 Å². The van der Waals surface area contributed by atoms with Crippen LogP contribution in [0.1, 0.15) is 90.9 Å². The van der Waals surface area contributed by atoms with Gasteiger partial charge in [-0.05, 0) is 45.4 Å². The maximum atomic E-state index is 11.5. The number of hydrogen-bond donors (Lipinski definition) is 1. The van der Waals surface area contributed by atoms with Crippen LogP contribution in [0.2, 0.25) is 0 Å². The van der Waals surface area contributed by atoms with Crippen LogP contribution in [0.15, 0.2) is 0 Å². The number of hydrogen-bond acceptors (Lipinski definition) is 3. The number of carbonyl (C=O) groups is 2. The molecule has 0 amide bonds. The number of carbonyl (C=O) groups excluding carboxylic acids is 2. The highest BCUT2D eigenvalue weighted by molar-refractivity contribution is 5.81. The first-order chi connectivity index (χ1) is 9.56. The van der Waals surface area contributed by atoms with Gasteiger partial charge in [0.2, 0.25) is 0 Å². The van der Waals surface area contributed by atoms with Crippen LogP contribution in [-0.2, 0) is 9.59 Å². The summed E-state index contributed by atoms with van der Waals surface area (Å²) in [4.78, 5) is 22.3. The second kappa shape index (κ2) is 13.0. The van der Waals surface area contributed by atoms with Crippen molar-refractivity contribution in [2.75, 3.05) is 0 Å². The summed E-state index contributed by atoms with van der Waals surface area (Å²) >= 11 is 0. The molecule has 0 rings (SSSR count). The molecule has 0 aliphatic heterocycles. The smallest absolute Gasteiger partial charge is 0.132 e. The third kappa shape index (κ3) is 13.4. The molecule has 20 heavy (non-hydrogen) atoms. The lowest BCUT2D eigenvalue weighted by Crippen LogP contribution is -2.00. The Morgan fingerprint density at radius 3 is 1.90 bits per heavy atom. The molecule has 0 fully saturated rings. The van der Waals surface area contributed by atoms with E-state index in [1.807, 2.05) is 0 Å². The van der Waals surface area contributed by atoms with Crippen molar-refractivity contribution in [2.45, 2.75) is 90.9 Å². The zero-order valence-electron chi connectivity index (χ0n) is 13.3. The quantitative estimate of drug-likeness (QED) is 0.365. The summed E-state index contributed by atoms with van der Waals surface area (Å²) in [6.45, 7) is 3.73. The molecule has 3 nitrogen and oxygen atoms in total. The highest BCUT2D eigenvalue weighted by Crippen LogP contribution is 2.10. The third-order valence-corrected chi connectivity index (χ3v) is 3.50. The van der Waals surface area contributed by atoms with E-state index in [-0.39, 0.29) is 5.78 Å². The zero-order chi connectivity index (χ0) is 15.2. The lowest BCUT2D eigenvalue weighted by molar-refractivity contribution is -0.119. The summed E-state index contributed by atoms with van der Waals surface area (Å²) < 4.78 is 0. The summed E-state index contributed by atoms with van der Waals surface area (Å²) in [6.07, 6.45) is 10.9. The summed E-state index contributed by atoms with van der Waals surface area (Å²) in [7, 11) is 0. The average molecular weight is 281 g/mol. The van der Waals surface area contributed by atoms with E-state index in [2.05, 4.69) is 6.92 Å². The predicted molar refractivity (Wildman–Crippen MR) is 84.5 cm³/mol. The minimum absolute atomic E-state index is 0.170. The van der Waals surface area contributed by atoms with E-state index >= 15 is 0 Å². The van der Waals surface area contributed by atoms with Gasteiger partial charge in [-0.15, -0.1) is 0 Å². The Morgan fingerprint density at radius 1 is 0.750 bits per heavy atom. The molecule has 0 aliphatic carbocycles. The largest absolute Gasteiger partial charge is 0.310 e. The highest BCUT2D eigenvalue weighted by atomic mass is 16.1. The van der Waals surface area contributed by atoms with Gasteiger partial charge in [0.25, 0.3) is 0 Å². The van der Waals surface area contributed by atoms with Gasteiger partial charge in [0.05, 0.1) is 0 Å². The van der Waals surface area contributed by atoms with E-state index in [1.165, 1.54) is 0 Å². The minimum atomic E-state index is 0.170. The van der Waals surface area contributed by atoms with Gasteiger partial charge in [-0.2, -0.15) is 0 Å². The van der Waals surface area contributed by atoms with Crippen LogP contribution < -0.4 is 0 Å². The van der Waals surface area contributed by atoms with E-state index in [0.717, 1.165) is 57.1 Å². The fourth-order valence-electron chi connectivity index (χ4n) is 2.19. The van der Waals surface area contributed by atoms with Crippen LogP contribution in [-0.4, -0.2) is 17.3 Å². The van der Waals surface area contributed by atoms with Crippen LogP contribution in [0.5, 0.6) is 0 Å². The second-order valence-corrected chi connectivity index (χ2v) is 5.72. The van der Waals surface area contributed by atoms with Crippen molar-refractivity contribution in [3.8, 4) is 0 Å². The monoisotopic (exact) mass is 281 g/mol. The van der Waals surface area contributed by atoms with E-state index < -0.39 is 0 Å². The van der Waals surface area contributed by atoms with Gasteiger partial charge >= 0.3 is 0 Å². The number of Topliss-reactive ketones (excluding diaryl/α,β-unsaturated/α-hetero) is 2. The van der Waals surface area contributed by atoms with E-state index in [0.29, 0.717) is 31.5 Å². The van der Waals surface area contributed by atoms with Crippen LogP contribution in [0.25, 0.3) is 0 Å². The topological polar surface area (TPSA) is 58.0 Å². The van der Waals surface area contributed by atoms with Gasteiger partial charge in [0.15, 0.2) is 0 Å². The van der Waals surface area contributed by atoms with Crippen molar-refractivity contribution in [1.29, 1.82) is 5.41 Å². The Balaban J connectivity index is 3.32. The van der Waals surface area contributed by atoms with Gasteiger partial charge < -0.3 is 10.2 Å². The Morgan fingerprint density at radius 2 is 1.30 bits per heavy atom. The molecule has 0 bridgehead atoms. The fourth-order valence-corrected chi connectivity index (χ4v) is 2.19. The average Bonchev–Trinajstić information content (AvgIpc) is 2.39. The Labute approximate surface area is 124 Å².